The molecule has 1 fully saturated rings. The predicted molar refractivity (Wildman–Crippen MR) is 131 cm³/mol. The van der Waals surface area contributed by atoms with Gasteiger partial charge in [0, 0.05) is 30.8 Å². The van der Waals surface area contributed by atoms with Crippen molar-refractivity contribution >= 4 is 22.0 Å². The zero-order valence-electron chi connectivity index (χ0n) is 21.7. The molecule has 0 spiro atoms. The summed E-state index contributed by atoms with van der Waals surface area (Å²) in [5, 5.41) is 9.26. The van der Waals surface area contributed by atoms with Crippen LogP contribution in [0.2, 0.25) is 0 Å². The summed E-state index contributed by atoms with van der Waals surface area (Å²) in [6.45, 7) is 5.13. The fourth-order valence-electron chi connectivity index (χ4n) is 4.93. The number of nitrogens with one attached hydrogen (secondary N) is 2. The van der Waals surface area contributed by atoms with Gasteiger partial charge in [0.2, 0.25) is 5.91 Å². The van der Waals surface area contributed by atoms with E-state index in [1.54, 1.807) is 25.7 Å². The van der Waals surface area contributed by atoms with Gasteiger partial charge in [0.25, 0.3) is 10.0 Å². The topological polar surface area (TPSA) is 132 Å². The van der Waals surface area contributed by atoms with Gasteiger partial charge in [0.05, 0.1) is 30.8 Å². The molecule has 0 radical (unpaired) electrons. The highest BCUT2D eigenvalue weighted by Crippen LogP contribution is 2.40. The number of fused-ring (bicyclic) bond motifs is 1. The van der Waals surface area contributed by atoms with Crippen molar-refractivity contribution in [3.05, 3.63) is 52.9 Å². The minimum Gasteiger partial charge on any atom is -0.444 e. The number of nitrogens with zero attached hydrogens (tertiary/aromatic N) is 3. The van der Waals surface area contributed by atoms with E-state index in [-0.39, 0.29) is 31.0 Å². The van der Waals surface area contributed by atoms with E-state index in [4.69, 9.17) is 9.47 Å². The van der Waals surface area contributed by atoms with Crippen molar-refractivity contribution < 1.29 is 36.3 Å². The maximum atomic E-state index is 14.7. The van der Waals surface area contributed by atoms with Crippen molar-refractivity contribution in [1.29, 1.82) is 0 Å². The number of amides is 2. The molecule has 2 amide bonds. The molecule has 1 saturated heterocycles. The molecule has 0 aliphatic carbocycles. The lowest BCUT2D eigenvalue weighted by molar-refractivity contribution is -0.130. The van der Waals surface area contributed by atoms with Gasteiger partial charge < -0.3 is 20.1 Å². The van der Waals surface area contributed by atoms with Gasteiger partial charge in [-0.1, -0.05) is 0 Å². The normalized spacial score (nSPS) is 24.1. The molecule has 0 saturated carbocycles. The third kappa shape index (κ3) is 5.66. The molecule has 2 aromatic rings. The Balaban J connectivity index is 1.66. The van der Waals surface area contributed by atoms with Crippen molar-refractivity contribution in [1.82, 2.24) is 24.7 Å². The maximum Gasteiger partial charge on any atom is 0.407 e. The molecular formula is C24H31F2N5O6S. The Labute approximate surface area is 219 Å². The molecule has 11 nitrogen and oxygen atoms in total. The van der Waals surface area contributed by atoms with E-state index < -0.39 is 57.6 Å². The van der Waals surface area contributed by atoms with Crippen LogP contribution in [0.25, 0.3) is 0 Å². The van der Waals surface area contributed by atoms with Gasteiger partial charge in [-0.15, -0.1) is 0 Å². The van der Waals surface area contributed by atoms with Gasteiger partial charge in [-0.2, -0.15) is 9.19 Å². The highest BCUT2D eigenvalue weighted by atomic mass is 32.2. The molecule has 3 heterocycles. The molecule has 2 aliphatic rings. The molecule has 1 aromatic heterocycles. The first-order chi connectivity index (χ1) is 17.7. The average molecular weight is 556 g/mol. The van der Waals surface area contributed by atoms with Crippen molar-refractivity contribution in [2.45, 2.75) is 63.6 Å². The Morgan fingerprint density at radius 2 is 1.92 bits per heavy atom. The number of likely N-dealkylation sites (N-methyl/N-ethyl adjacent to an activating group) is 1. The maximum absolute atomic E-state index is 14.7. The molecule has 208 valence electrons. The molecular weight excluding hydrogens is 524 g/mol. The van der Waals surface area contributed by atoms with Gasteiger partial charge in [-0.25, -0.2) is 22.0 Å². The van der Waals surface area contributed by atoms with Crippen molar-refractivity contribution in [3.63, 3.8) is 0 Å². The Morgan fingerprint density at radius 3 is 2.55 bits per heavy atom. The number of halogens is 2. The van der Waals surface area contributed by atoms with Gasteiger partial charge in [0.1, 0.15) is 29.4 Å². The van der Waals surface area contributed by atoms with Crippen molar-refractivity contribution in [3.8, 4) is 0 Å². The van der Waals surface area contributed by atoms with E-state index in [9.17, 15) is 26.8 Å². The summed E-state index contributed by atoms with van der Waals surface area (Å²) in [6.07, 6.45) is 0.726. The van der Waals surface area contributed by atoms with Crippen molar-refractivity contribution in [2.24, 2.45) is 0 Å². The SMILES string of the molecule is CNC(=O)[C@H]1c2cnn(S(C)(=O)=O)c2CN1[C@H]1CO[C@H](c2cc(F)ccc2F)[C@@H](NC(=O)OC(C)(C)C)C1. The van der Waals surface area contributed by atoms with Crippen LogP contribution in [0.1, 0.15) is 56.2 Å². The number of ether oxygens (including phenoxy) is 2. The second-order valence-electron chi connectivity index (χ2n) is 10.4. The van der Waals surface area contributed by atoms with Crippen LogP contribution in [0.5, 0.6) is 0 Å². The van der Waals surface area contributed by atoms with Gasteiger partial charge in [0.15, 0.2) is 0 Å². The molecule has 0 unspecified atom stereocenters. The second-order valence-corrected chi connectivity index (χ2v) is 12.2. The summed E-state index contributed by atoms with van der Waals surface area (Å²) in [4.78, 5) is 27.4. The van der Waals surface area contributed by atoms with Crippen LogP contribution in [0.15, 0.2) is 24.4 Å². The van der Waals surface area contributed by atoms with Crippen molar-refractivity contribution in [2.75, 3.05) is 19.9 Å². The molecule has 4 atom stereocenters. The Bertz CT molecular complexity index is 1340. The van der Waals surface area contributed by atoms with E-state index >= 15 is 0 Å². The molecule has 1 aromatic carbocycles. The van der Waals surface area contributed by atoms with Crippen LogP contribution < -0.4 is 10.6 Å². The quantitative estimate of drug-likeness (QED) is 0.573. The van der Waals surface area contributed by atoms with E-state index in [1.807, 2.05) is 0 Å². The number of benzene rings is 1. The lowest BCUT2D eigenvalue weighted by Crippen LogP contribution is -2.53. The lowest BCUT2D eigenvalue weighted by Gasteiger charge is -2.42. The minimum absolute atomic E-state index is 0.00279. The van der Waals surface area contributed by atoms with Crippen LogP contribution in [-0.4, -0.2) is 72.1 Å². The molecule has 38 heavy (non-hydrogen) atoms. The van der Waals surface area contributed by atoms with Crippen LogP contribution in [0.3, 0.4) is 0 Å². The molecule has 14 heteroatoms. The number of aromatic nitrogens is 2. The van der Waals surface area contributed by atoms with E-state index in [2.05, 4.69) is 15.7 Å². The third-order valence-electron chi connectivity index (χ3n) is 6.43. The first kappa shape index (κ1) is 27.9. The second kappa shape index (κ2) is 10.2. The number of alkyl carbamates (subject to hydrolysis) is 1. The largest absolute Gasteiger partial charge is 0.444 e. The van der Waals surface area contributed by atoms with Gasteiger partial charge in [-0.05, 0) is 45.4 Å². The molecule has 2 N–H and O–H groups in total. The fraction of sp³-hybridized carbons (Fsp3) is 0.542. The lowest BCUT2D eigenvalue weighted by atomic mass is 9.92. The molecule has 4 rings (SSSR count). The molecule has 2 aliphatic heterocycles. The highest BCUT2D eigenvalue weighted by molar-refractivity contribution is 7.89. The number of hydrogen-bond donors (Lipinski definition) is 2. The van der Waals surface area contributed by atoms with Gasteiger partial charge in [-0.3, -0.25) is 9.69 Å². The average Bonchev–Trinajstić information content (AvgIpc) is 3.38. The van der Waals surface area contributed by atoms with Gasteiger partial charge >= 0.3 is 6.09 Å². The predicted octanol–water partition coefficient (Wildman–Crippen LogP) is 2.00. The van der Waals surface area contributed by atoms with Crippen LogP contribution >= 0.6 is 0 Å². The fourth-order valence-corrected chi connectivity index (χ4v) is 5.71. The summed E-state index contributed by atoms with van der Waals surface area (Å²) >= 11 is 0. The number of carbonyl (C=O) groups excluding carboxylic acids is 2. The Hall–Kier alpha value is -3.10. The highest BCUT2D eigenvalue weighted by Gasteiger charge is 2.46. The zero-order chi connectivity index (χ0) is 28.0. The summed E-state index contributed by atoms with van der Waals surface area (Å²) in [5.41, 5.74) is -0.0950. The number of hydrogen-bond acceptors (Lipinski definition) is 8. The molecule has 0 bridgehead atoms. The summed E-state index contributed by atoms with van der Waals surface area (Å²) in [7, 11) is -2.26. The first-order valence-electron chi connectivity index (χ1n) is 12.0. The standard InChI is InChI=1S/C24H31F2N5O6S/c1-24(2,3)37-23(33)29-18-9-14(12-36-21(18)15-8-13(25)6-7-17(15)26)30-11-19-16(20(30)22(32)27-4)10-28-31(19)38(5,34)35/h6-8,10,14,18,20-21H,9,11-12H2,1-5H3,(H,27,32)(H,29,33)/t14-,18+,20-,21-/m1/s1. The number of rotatable bonds is 5. The monoisotopic (exact) mass is 555 g/mol. The first-order valence-corrected chi connectivity index (χ1v) is 13.8. The van der Waals surface area contributed by atoms with Crippen LogP contribution in [0, 0.1) is 11.6 Å². The summed E-state index contributed by atoms with van der Waals surface area (Å²) < 4.78 is 65.5. The van der Waals surface area contributed by atoms with Crippen LogP contribution in [-0.2, 0) is 30.8 Å². The van der Waals surface area contributed by atoms with E-state index in [0.717, 1.165) is 28.5 Å². The van der Waals surface area contributed by atoms with Crippen LogP contribution in [0.4, 0.5) is 13.6 Å². The van der Waals surface area contributed by atoms with E-state index in [0.29, 0.717) is 11.3 Å². The number of carbonyl (C=O) groups is 2. The smallest absolute Gasteiger partial charge is 0.407 e. The Morgan fingerprint density at radius 1 is 1.21 bits per heavy atom. The zero-order valence-corrected chi connectivity index (χ0v) is 22.5. The Kier molecular flexibility index (Phi) is 7.51. The van der Waals surface area contributed by atoms with E-state index in [1.165, 1.54) is 13.2 Å². The minimum atomic E-state index is -3.73. The summed E-state index contributed by atoms with van der Waals surface area (Å²) in [5.74, 6) is -1.74. The summed E-state index contributed by atoms with van der Waals surface area (Å²) in [6, 6.07) is 0.750. The third-order valence-corrected chi connectivity index (χ3v) is 7.37.